The number of hydrogen-bond donors (Lipinski definition) is 1. The van der Waals surface area contributed by atoms with E-state index in [1.54, 1.807) is 0 Å². The third-order valence-corrected chi connectivity index (χ3v) is 2.66. The van der Waals surface area contributed by atoms with E-state index in [0.29, 0.717) is 6.04 Å². The summed E-state index contributed by atoms with van der Waals surface area (Å²) in [4.78, 5) is 4.19. The van der Waals surface area contributed by atoms with Gasteiger partial charge in [0.25, 0.3) is 0 Å². The van der Waals surface area contributed by atoms with Gasteiger partial charge in [-0.1, -0.05) is 26.3 Å². The van der Waals surface area contributed by atoms with Gasteiger partial charge in [-0.25, -0.2) is 0 Å². The van der Waals surface area contributed by atoms with Gasteiger partial charge in [0.2, 0.25) is 0 Å². The van der Waals surface area contributed by atoms with Gasteiger partial charge >= 0.3 is 0 Å². The van der Waals surface area contributed by atoms with Gasteiger partial charge in [0.05, 0.1) is 0 Å². The number of hydrogen-bond acceptors (Lipinski definition) is 2. The van der Waals surface area contributed by atoms with Crippen LogP contribution in [0.2, 0.25) is 0 Å². The van der Waals surface area contributed by atoms with Crippen molar-refractivity contribution < 1.29 is 0 Å². The lowest BCUT2D eigenvalue weighted by atomic mass is 10.1. The van der Waals surface area contributed by atoms with Crippen molar-refractivity contribution in [2.75, 3.05) is 0 Å². The third kappa shape index (κ3) is 4.43. The van der Waals surface area contributed by atoms with Crippen LogP contribution in [0.15, 0.2) is 18.5 Å². The van der Waals surface area contributed by atoms with Gasteiger partial charge in [-0.3, -0.25) is 4.98 Å². The minimum Gasteiger partial charge on any atom is -0.310 e. The normalized spacial score (nSPS) is 12.7. The molecule has 0 aromatic carbocycles. The smallest absolute Gasteiger partial charge is 0.0313 e. The molecular weight excluding hydrogens is 184 g/mol. The van der Waals surface area contributed by atoms with Crippen LogP contribution in [0.1, 0.15) is 44.2 Å². The molecule has 0 fully saturated rings. The fourth-order valence-corrected chi connectivity index (χ4v) is 1.78. The van der Waals surface area contributed by atoms with Crippen LogP contribution in [0, 0.1) is 6.92 Å². The second-order valence-electron chi connectivity index (χ2n) is 4.15. The average molecular weight is 206 g/mol. The molecule has 0 radical (unpaired) electrons. The van der Waals surface area contributed by atoms with E-state index in [-0.39, 0.29) is 0 Å². The molecule has 0 amide bonds. The Morgan fingerprint density at radius 2 is 2.13 bits per heavy atom. The van der Waals surface area contributed by atoms with Gasteiger partial charge in [-0.2, -0.15) is 0 Å². The summed E-state index contributed by atoms with van der Waals surface area (Å²) >= 11 is 0. The van der Waals surface area contributed by atoms with E-state index in [4.69, 9.17) is 0 Å². The lowest BCUT2D eigenvalue weighted by molar-refractivity contribution is 0.462. The molecule has 0 aliphatic rings. The summed E-state index contributed by atoms with van der Waals surface area (Å²) in [5.74, 6) is 0. The number of nitrogens with zero attached hydrogens (tertiary/aromatic N) is 1. The zero-order chi connectivity index (χ0) is 11.1. The van der Waals surface area contributed by atoms with Crippen LogP contribution in [-0.4, -0.2) is 11.0 Å². The average Bonchev–Trinajstić information content (AvgIpc) is 2.24. The first-order valence-corrected chi connectivity index (χ1v) is 5.90. The Labute approximate surface area is 93.1 Å². The summed E-state index contributed by atoms with van der Waals surface area (Å²) < 4.78 is 0. The van der Waals surface area contributed by atoms with Crippen molar-refractivity contribution in [3.63, 3.8) is 0 Å². The highest BCUT2D eigenvalue weighted by Crippen LogP contribution is 2.05. The monoisotopic (exact) mass is 206 g/mol. The third-order valence-electron chi connectivity index (χ3n) is 2.66. The Hall–Kier alpha value is -0.890. The quantitative estimate of drug-likeness (QED) is 0.773. The predicted octanol–water partition coefficient (Wildman–Crippen LogP) is 3.06. The Morgan fingerprint density at radius 3 is 2.73 bits per heavy atom. The van der Waals surface area contributed by atoms with Crippen molar-refractivity contribution in [1.82, 2.24) is 10.3 Å². The molecule has 2 heteroatoms. The molecule has 0 spiro atoms. The number of rotatable bonds is 6. The first kappa shape index (κ1) is 12.2. The Balaban J connectivity index is 2.41. The molecule has 0 aliphatic carbocycles. The van der Waals surface area contributed by atoms with E-state index in [1.165, 1.54) is 30.4 Å². The second kappa shape index (κ2) is 6.57. The number of aryl methyl sites for hydroxylation is 1. The standard InChI is InChI=1S/C13H22N2/c1-4-6-13(5-2)15-10-12-7-11(3)8-14-9-12/h7-9,13,15H,4-6,10H2,1-3H3. The zero-order valence-electron chi connectivity index (χ0n) is 10.1. The Kier molecular flexibility index (Phi) is 5.33. The lowest BCUT2D eigenvalue weighted by Gasteiger charge is -2.15. The van der Waals surface area contributed by atoms with Crippen molar-refractivity contribution >= 4 is 0 Å². The predicted molar refractivity (Wildman–Crippen MR) is 64.8 cm³/mol. The van der Waals surface area contributed by atoms with Crippen LogP contribution in [0.4, 0.5) is 0 Å². The van der Waals surface area contributed by atoms with E-state index < -0.39 is 0 Å². The van der Waals surface area contributed by atoms with Crippen molar-refractivity contribution in [3.8, 4) is 0 Å². The van der Waals surface area contributed by atoms with Gasteiger partial charge in [0.15, 0.2) is 0 Å². The van der Waals surface area contributed by atoms with Crippen molar-refractivity contribution in [2.45, 2.75) is 52.6 Å². The number of nitrogens with one attached hydrogen (secondary N) is 1. The van der Waals surface area contributed by atoms with E-state index in [0.717, 1.165) is 6.54 Å². The van der Waals surface area contributed by atoms with Gasteiger partial charge < -0.3 is 5.32 Å². The van der Waals surface area contributed by atoms with E-state index >= 15 is 0 Å². The fourth-order valence-electron chi connectivity index (χ4n) is 1.78. The lowest BCUT2D eigenvalue weighted by Crippen LogP contribution is -2.27. The van der Waals surface area contributed by atoms with Crippen LogP contribution in [0.5, 0.6) is 0 Å². The van der Waals surface area contributed by atoms with Crippen LogP contribution in [-0.2, 0) is 6.54 Å². The maximum Gasteiger partial charge on any atom is 0.0313 e. The van der Waals surface area contributed by atoms with Crippen molar-refractivity contribution in [3.05, 3.63) is 29.6 Å². The first-order chi connectivity index (χ1) is 7.26. The topological polar surface area (TPSA) is 24.9 Å². The van der Waals surface area contributed by atoms with E-state index in [1.807, 2.05) is 12.4 Å². The van der Waals surface area contributed by atoms with Gasteiger partial charge in [0, 0.05) is 25.0 Å². The summed E-state index contributed by atoms with van der Waals surface area (Å²) in [6.07, 6.45) is 7.55. The summed E-state index contributed by atoms with van der Waals surface area (Å²) in [7, 11) is 0. The maximum atomic E-state index is 4.19. The molecule has 1 aromatic rings. The molecule has 1 N–H and O–H groups in total. The molecule has 1 aromatic heterocycles. The van der Waals surface area contributed by atoms with Crippen LogP contribution in [0.3, 0.4) is 0 Å². The highest BCUT2D eigenvalue weighted by molar-refractivity contribution is 5.16. The molecule has 0 saturated carbocycles. The van der Waals surface area contributed by atoms with Gasteiger partial charge in [0.1, 0.15) is 0 Å². The maximum absolute atomic E-state index is 4.19. The molecule has 1 rings (SSSR count). The molecule has 1 atom stereocenters. The molecule has 0 bridgehead atoms. The summed E-state index contributed by atoms with van der Waals surface area (Å²) in [5, 5.41) is 3.57. The summed E-state index contributed by atoms with van der Waals surface area (Å²) in [6, 6.07) is 2.84. The Morgan fingerprint density at radius 1 is 1.33 bits per heavy atom. The van der Waals surface area contributed by atoms with Crippen molar-refractivity contribution in [2.24, 2.45) is 0 Å². The molecule has 1 heterocycles. The van der Waals surface area contributed by atoms with E-state index in [2.05, 4.69) is 37.1 Å². The minimum atomic E-state index is 0.649. The van der Waals surface area contributed by atoms with Gasteiger partial charge in [-0.15, -0.1) is 0 Å². The molecule has 15 heavy (non-hydrogen) atoms. The Bertz CT molecular complexity index is 284. The zero-order valence-corrected chi connectivity index (χ0v) is 10.1. The molecule has 1 unspecified atom stereocenters. The number of pyridine rings is 1. The van der Waals surface area contributed by atoms with Crippen LogP contribution < -0.4 is 5.32 Å². The minimum absolute atomic E-state index is 0.649. The SMILES string of the molecule is CCCC(CC)NCc1cncc(C)c1. The fraction of sp³-hybridized carbons (Fsp3) is 0.615. The van der Waals surface area contributed by atoms with Crippen LogP contribution >= 0.6 is 0 Å². The van der Waals surface area contributed by atoms with Gasteiger partial charge in [-0.05, 0) is 30.9 Å². The highest BCUT2D eigenvalue weighted by atomic mass is 14.9. The molecule has 2 nitrogen and oxygen atoms in total. The highest BCUT2D eigenvalue weighted by Gasteiger charge is 2.03. The molecular formula is C13H22N2. The summed E-state index contributed by atoms with van der Waals surface area (Å²) in [5.41, 5.74) is 2.52. The van der Waals surface area contributed by atoms with Crippen LogP contribution in [0.25, 0.3) is 0 Å². The number of aromatic nitrogens is 1. The first-order valence-electron chi connectivity index (χ1n) is 5.90. The largest absolute Gasteiger partial charge is 0.310 e. The van der Waals surface area contributed by atoms with Crippen molar-refractivity contribution in [1.29, 1.82) is 0 Å². The summed E-state index contributed by atoms with van der Waals surface area (Å²) in [6.45, 7) is 7.49. The molecule has 84 valence electrons. The molecule has 0 aliphatic heterocycles. The molecule has 0 saturated heterocycles. The van der Waals surface area contributed by atoms with E-state index in [9.17, 15) is 0 Å². The second-order valence-corrected chi connectivity index (χ2v) is 4.15.